The fourth-order valence-corrected chi connectivity index (χ4v) is 0. The number of rotatable bonds is 1. The van der Waals surface area contributed by atoms with Crippen LogP contribution in [0.25, 0.3) is 0 Å². The van der Waals surface area contributed by atoms with Gasteiger partial charge in [-0.2, -0.15) is 0 Å². The first-order chi connectivity index (χ1) is 2.27. The van der Waals surface area contributed by atoms with Crippen LogP contribution in [-0.2, 0) is 0 Å². The molecule has 0 aliphatic heterocycles. The molecule has 0 radical (unpaired) electrons. The Morgan fingerprint density at radius 3 is 2.20 bits per heavy atom. The summed E-state index contributed by atoms with van der Waals surface area (Å²) in [6, 6.07) is 0. The molecule has 0 bridgehead atoms. The van der Waals surface area contributed by atoms with Gasteiger partial charge in [0.15, 0.2) is 0 Å². The molecule has 28 valence electrons. The van der Waals surface area contributed by atoms with Gasteiger partial charge in [-0.15, -0.1) is 0 Å². The van der Waals surface area contributed by atoms with Gasteiger partial charge in [-0.1, -0.05) is 0 Å². The Kier molecular flexibility index (Phi) is 3.26. The second-order valence-electron chi connectivity index (χ2n) is 0.555. The monoisotopic (exact) mass is 192 g/mol. The summed E-state index contributed by atoms with van der Waals surface area (Å²) >= 11 is 0.159. The van der Waals surface area contributed by atoms with E-state index in [9.17, 15) is 4.79 Å². The van der Waals surface area contributed by atoms with E-state index in [1.807, 2.05) is 0 Å². The van der Waals surface area contributed by atoms with Crippen molar-refractivity contribution in [2.45, 2.75) is 0 Å². The van der Waals surface area contributed by atoms with Crippen LogP contribution in [0.2, 0.25) is 0 Å². The van der Waals surface area contributed by atoms with Crippen LogP contribution in [0, 0.1) is 0 Å². The van der Waals surface area contributed by atoms with Crippen LogP contribution in [0.5, 0.6) is 0 Å². The molecule has 1 unspecified atom stereocenters. The summed E-state index contributed by atoms with van der Waals surface area (Å²) in [5, 5.41) is 7.82. The average Bonchev–Trinajstić information content (AvgIpc) is 1.38. The number of hydrogen-bond acceptors (Lipinski definition) is 1. The molecule has 0 aromatic rings. The SMILES string of the molecule is O=C(O)[AsH][GaH2]. The topological polar surface area (TPSA) is 37.3 Å². The van der Waals surface area contributed by atoms with Crippen LogP contribution >= 0.6 is 0 Å². The fourth-order valence-electron chi connectivity index (χ4n) is 0. The summed E-state index contributed by atoms with van der Waals surface area (Å²) in [5.41, 5.74) is 0. The van der Waals surface area contributed by atoms with Crippen molar-refractivity contribution in [1.82, 2.24) is 0 Å². The summed E-state index contributed by atoms with van der Waals surface area (Å²) in [5.74, 6) is 0. The first-order valence-corrected chi connectivity index (χ1v) is 15.2. The molecule has 0 amide bonds. The minimum absolute atomic E-state index is 0.451. The first kappa shape index (κ1) is 5.66. The summed E-state index contributed by atoms with van der Waals surface area (Å²) in [6.07, 6.45) is 0. The third-order valence-electron chi connectivity index (χ3n) is 0.214. The standard InChI is InChI=1S/CH2AsO2.Ga.2H/c2-1(3)4;;;/h2H,(H,3,4);;;/q-1;+1;;. The second kappa shape index (κ2) is 2.88. The molecule has 2 nitrogen and oxygen atoms in total. The van der Waals surface area contributed by atoms with Gasteiger partial charge in [-0.3, -0.25) is 0 Å². The van der Waals surface area contributed by atoms with E-state index in [1.165, 1.54) is 0 Å². The van der Waals surface area contributed by atoms with Crippen molar-refractivity contribution in [3.63, 3.8) is 0 Å². The quantitative estimate of drug-likeness (QED) is 0.522. The third kappa shape index (κ3) is 4.66. The predicted molar refractivity (Wildman–Crippen MR) is 23.7 cm³/mol. The summed E-state index contributed by atoms with van der Waals surface area (Å²) in [7, 11) is 0. The van der Waals surface area contributed by atoms with Crippen LogP contribution < -0.4 is 0 Å². The zero-order chi connectivity index (χ0) is 4.28. The van der Waals surface area contributed by atoms with E-state index in [0.29, 0.717) is 16.4 Å². The van der Waals surface area contributed by atoms with Crippen molar-refractivity contribution in [2.24, 2.45) is 0 Å². The number of carbonyl (C=O) groups is 1. The summed E-state index contributed by atoms with van der Waals surface area (Å²) in [6.45, 7) is 0. The van der Waals surface area contributed by atoms with Gasteiger partial charge in [0.1, 0.15) is 0 Å². The van der Waals surface area contributed by atoms with Crippen LogP contribution in [-0.4, -0.2) is 39.6 Å². The van der Waals surface area contributed by atoms with E-state index in [1.54, 1.807) is 0 Å². The van der Waals surface area contributed by atoms with E-state index in [2.05, 4.69) is 0 Å². The molecule has 0 aromatic carbocycles. The molecule has 1 N–H and O–H groups in total. The Labute approximate surface area is 44.6 Å². The molecule has 0 aromatic heterocycles. The maximum atomic E-state index is 9.47. The Morgan fingerprint density at radius 2 is 2.20 bits per heavy atom. The molecule has 0 spiro atoms. The van der Waals surface area contributed by atoms with Gasteiger partial charge in [0, 0.05) is 0 Å². The number of carboxylic acid groups (broad SMARTS) is 1. The van der Waals surface area contributed by atoms with Crippen molar-refractivity contribution in [3.05, 3.63) is 0 Å². The fraction of sp³-hybridized carbons (Fsp3) is 0. The Bertz CT molecular complexity index is 44.9. The van der Waals surface area contributed by atoms with Crippen molar-refractivity contribution < 1.29 is 9.90 Å². The normalized spacial score (nSPS) is 9.60. The molecule has 0 aliphatic rings. The molecule has 4 heteroatoms. The van der Waals surface area contributed by atoms with Crippen molar-refractivity contribution in [3.8, 4) is 0 Å². The summed E-state index contributed by atoms with van der Waals surface area (Å²) < 4.78 is -0.537. The number of hydrogen-bond donors (Lipinski definition) is 1. The molecule has 0 heterocycles. The van der Waals surface area contributed by atoms with Crippen molar-refractivity contribution >= 4 is 34.5 Å². The summed E-state index contributed by atoms with van der Waals surface area (Å²) in [4.78, 5) is 9.47. The van der Waals surface area contributed by atoms with Gasteiger partial charge in [0.2, 0.25) is 0 Å². The van der Waals surface area contributed by atoms with Gasteiger partial charge in [-0.25, -0.2) is 0 Å². The Hall–Kier alpha value is 0.665. The van der Waals surface area contributed by atoms with E-state index in [-0.39, 0.29) is 0 Å². The van der Waals surface area contributed by atoms with E-state index < -0.39 is 18.1 Å². The molecule has 0 fully saturated rings. The van der Waals surface area contributed by atoms with Crippen molar-refractivity contribution in [1.29, 1.82) is 0 Å². The molecule has 5 heavy (non-hydrogen) atoms. The zero-order valence-corrected chi connectivity index (χ0v) is 9.15. The maximum absolute atomic E-state index is 9.47. The van der Waals surface area contributed by atoms with Gasteiger partial charge in [-0.05, 0) is 0 Å². The van der Waals surface area contributed by atoms with E-state index >= 15 is 0 Å². The van der Waals surface area contributed by atoms with E-state index in [4.69, 9.17) is 5.11 Å². The molecular weight excluding hydrogens is 189 g/mol. The molecule has 0 rings (SSSR count). The van der Waals surface area contributed by atoms with Crippen LogP contribution in [0.1, 0.15) is 0 Å². The van der Waals surface area contributed by atoms with Crippen LogP contribution in [0.4, 0.5) is 4.79 Å². The van der Waals surface area contributed by atoms with Crippen LogP contribution in [0.15, 0.2) is 0 Å². The molecule has 0 saturated carbocycles. The third-order valence-corrected chi connectivity index (χ3v) is 5.77. The van der Waals surface area contributed by atoms with Crippen LogP contribution in [0.3, 0.4) is 0 Å². The predicted octanol–water partition coefficient (Wildman–Crippen LogP) is -1.35. The van der Waals surface area contributed by atoms with E-state index in [0.717, 1.165) is 0 Å². The van der Waals surface area contributed by atoms with Crippen molar-refractivity contribution in [2.75, 3.05) is 0 Å². The second-order valence-corrected chi connectivity index (χ2v) is 7.95. The van der Waals surface area contributed by atoms with Gasteiger partial charge in [0.25, 0.3) is 0 Å². The van der Waals surface area contributed by atoms with Gasteiger partial charge in [0.05, 0.1) is 0 Å². The Balaban J connectivity index is 2.85. The average molecular weight is 193 g/mol. The molecule has 1 atom stereocenters. The van der Waals surface area contributed by atoms with Gasteiger partial charge >= 0.3 is 44.4 Å². The Morgan fingerprint density at radius 1 is 2.00 bits per heavy atom. The molecular formula is CH4AsGaO2. The molecule has 0 saturated heterocycles. The van der Waals surface area contributed by atoms with Gasteiger partial charge < -0.3 is 0 Å². The zero-order valence-electron chi connectivity index (χ0n) is 2.86. The minimum atomic E-state index is -0.537. The first-order valence-electron chi connectivity index (χ1n) is 1.18. The molecule has 0 aliphatic carbocycles.